The van der Waals surface area contributed by atoms with Crippen molar-refractivity contribution in [2.45, 2.75) is 19.3 Å². The van der Waals surface area contributed by atoms with Crippen molar-refractivity contribution in [2.75, 3.05) is 13.7 Å². The van der Waals surface area contributed by atoms with Gasteiger partial charge in [-0.05, 0) is 55.3 Å². The van der Waals surface area contributed by atoms with Gasteiger partial charge in [0.25, 0.3) is 0 Å². The lowest BCUT2D eigenvalue weighted by atomic mass is 9.89. The maximum absolute atomic E-state index is 12.5. The van der Waals surface area contributed by atoms with E-state index >= 15 is 0 Å². The van der Waals surface area contributed by atoms with Crippen molar-refractivity contribution in [1.29, 1.82) is 5.41 Å². The topological polar surface area (TPSA) is 99.0 Å². The summed E-state index contributed by atoms with van der Waals surface area (Å²) in [6, 6.07) is 18.2. The number of aliphatic hydroxyl groups excluding tert-OH is 1. The highest BCUT2D eigenvalue weighted by molar-refractivity contribution is 6.10. The zero-order chi connectivity index (χ0) is 23.2. The van der Waals surface area contributed by atoms with Gasteiger partial charge in [-0.25, -0.2) is 0 Å². The third-order valence-electron chi connectivity index (χ3n) is 5.44. The molecule has 2 aliphatic rings. The number of aliphatic imine (C=N–C) groups is 2. The molecule has 1 heterocycles. The van der Waals surface area contributed by atoms with Crippen LogP contribution in [0.4, 0.5) is 5.69 Å². The monoisotopic (exact) mass is 439 g/mol. The standard InChI is InChI=1S/C27H25N3O3/c1-29-13-5-2-6-14-30-19-10-12-23-26(16-19)33-25-15-18(28)9-11-22(25)27(23)21-8-4-3-7-20(21)24(32)17-31/h3-4,7-16,28,31H,2,5-6,17H2,1H3. The minimum atomic E-state index is -0.566. The quantitative estimate of drug-likeness (QED) is 0.166. The average Bonchev–Trinajstić information content (AvgIpc) is 2.84. The van der Waals surface area contributed by atoms with Crippen LogP contribution in [0.2, 0.25) is 0 Å². The number of hydrogen-bond donors (Lipinski definition) is 2. The van der Waals surface area contributed by atoms with Crippen LogP contribution in [-0.2, 0) is 0 Å². The Kier molecular flexibility index (Phi) is 6.86. The molecule has 0 fully saturated rings. The zero-order valence-electron chi connectivity index (χ0n) is 18.4. The van der Waals surface area contributed by atoms with Gasteiger partial charge in [-0.2, -0.15) is 0 Å². The van der Waals surface area contributed by atoms with E-state index in [1.165, 1.54) is 0 Å². The number of fused-ring (bicyclic) bond motifs is 2. The number of carbonyl (C=O) groups is 1. The number of nitrogens with one attached hydrogen (secondary N) is 1. The van der Waals surface area contributed by atoms with Gasteiger partial charge in [-0.1, -0.05) is 24.3 Å². The predicted molar refractivity (Wildman–Crippen MR) is 132 cm³/mol. The average molecular weight is 440 g/mol. The smallest absolute Gasteiger partial charge is 0.188 e. The first-order chi connectivity index (χ1) is 16.1. The summed E-state index contributed by atoms with van der Waals surface area (Å²) in [6.45, 7) is -0.566. The number of rotatable bonds is 8. The summed E-state index contributed by atoms with van der Waals surface area (Å²) in [4.78, 5) is 21.0. The van der Waals surface area contributed by atoms with Crippen LogP contribution in [0.3, 0.4) is 0 Å². The fourth-order valence-electron chi connectivity index (χ4n) is 3.88. The molecular weight excluding hydrogens is 414 g/mol. The summed E-state index contributed by atoms with van der Waals surface area (Å²) in [7, 11) is 1.77. The SMILES string of the molecule is CN=CCCCC=Nc1ccc2c(-c3ccccc3C(=O)CO)c3ccc(=N)cc-3oc2c1. The number of benzene rings is 3. The first kappa shape index (κ1) is 22.3. The second-order valence-electron chi connectivity index (χ2n) is 7.68. The van der Waals surface area contributed by atoms with Crippen LogP contribution in [0.15, 0.2) is 75.1 Å². The summed E-state index contributed by atoms with van der Waals surface area (Å²) in [5, 5.41) is 18.7. The summed E-state index contributed by atoms with van der Waals surface area (Å²) in [5.41, 5.74) is 4.17. The molecule has 1 aliphatic carbocycles. The minimum Gasteiger partial charge on any atom is -0.456 e. The van der Waals surface area contributed by atoms with Crippen molar-refractivity contribution in [3.8, 4) is 22.5 Å². The first-order valence-corrected chi connectivity index (χ1v) is 10.8. The lowest BCUT2D eigenvalue weighted by Crippen LogP contribution is -2.07. The van der Waals surface area contributed by atoms with Gasteiger partial charge in [0.2, 0.25) is 0 Å². The van der Waals surface area contributed by atoms with E-state index < -0.39 is 6.61 Å². The number of carbonyl (C=O) groups excluding carboxylic acids is 1. The van der Waals surface area contributed by atoms with Crippen LogP contribution in [0.25, 0.3) is 33.4 Å². The van der Waals surface area contributed by atoms with E-state index in [-0.39, 0.29) is 5.78 Å². The third kappa shape index (κ3) is 4.81. The first-order valence-electron chi connectivity index (χ1n) is 10.8. The molecule has 2 aromatic carbocycles. The van der Waals surface area contributed by atoms with E-state index in [0.717, 1.165) is 41.5 Å². The summed E-state index contributed by atoms with van der Waals surface area (Å²) in [5.74, 6) is 0.204. The highest BCUT2D eigenvalue weighted by atomic mass is 16.3. The Labute approximate surface area is 191 Å². The Bertz CT molecular complexity index is 1390. The Hall–Kier alpha value is -3.90. The number of Topliss-reactive ketones (excluding diaryl/α,β-unsaturated/α-hetero) is 1. The lowest BCUT2D eigenvalue weighted by Gasteiger charge is -2.17. The number of hydrogen-bond acceptors (Lipinski definition) is 6. The lowest BCUT2D eigenvalue weighted by molar-refractivity contribution is 0.0904. The normalized spacial score (nSPS) is 11.8. The Morgan fingerprint density at radius 1 is 1.03 bits per heavy atom. The molecule has 1 aliphatic heterocycles. The molecule has 0 aromatic heterocycles. The largest absolute Gasteiger partial charge is 0.456 e. The van der Waals surface area contributed by atoms with Crippen LogP contribution >= 0.6 is 0 Å². The van der Waals surface area contributed by atoms with E-state index in [2.05, 4.69) is 9.98 Å². The van der Waals surface area contributed by atoms with Gasteiger partial charge in [-0.15, -0.1) is 0 Å². The Morgan fingerprint density at radius 3 is 2.67 bits per heavy atom. The van der Waals surface area contributed by atoms with E-state index in [4.69, 9.17) is 9.83 Å². The maximum Gasteiger partial charge on any atom is 0.188 e. The molecule has 0 radical (unpaired) electrons. The van der Waals surface area contributed by atoms with E-state index in [0.29, 0.717) is 27.8 Å². The van der Waals surface area contributed by atoms with Gasteiger partial charge in [-0.3, -0.25) is 9.79 Å². The fraction of sp³-hybridized carbons (Fsp3) is 0.185. The van der Waals surface area contributed by atoms with Gasteiger partial charge >= 0.3 is 0 Å². The van der Waals surface area contributed by atoms with Crippen molar-refractivity contribution in [3.05, 3.63) is 71.6 Å². The molecular formula is C27H25N3O3. The van der Waals surface area contributed by atoms with Crippen LogP contribution in [0, 0.1) is 5.41 Å². The van der Waals surface area contributed by atoms with Crippen LogP contribution in [0.1, 0.15) is 29.6 Å². The molecule has 0 bridgehead atoms. The molecule has 4 rings (SSSR count). The molecule has 6 heteroatoms. The molecule has 0 unspecified atom stereocenters. The molecule has 2 N–H and O–H groups in total. The Morgan fingerprint density at radius 2 is 1.85 bits per heavy atom. The van der Waals surface area contributed by atoms with Crippen molar-refractivity contribution < 1.29 is 14.3 Å². The van der Waals surface area contributed by atoms with Crippen LogP contribution < -0.4 is 5.36 Å². The van der Waals surface area contributed by atoms with E-state index in [1.807, 2.05) is 48.8 Å². The molecule has 0 spiro atoms. The minimum absolute atomic E-state index is 0.334. The number of ketones is 1. The van der Waals surface area contributed by atoms with Gasteiger partial charge < -0.3 is 19.9 Å². The number of aliphatic hydroxyl groups is 1. The van der Waals surface area contributed by atoms with Gasteiger partial charge in [0, 0.05) is 47.5 Å². The van der Waals surface area contributed by atoms with Crippen molar-refractivity contribution in [1.82, 2.24) is 0 Å². The molecule has 2 aromatic rings. The Balaban J connectivity index is 1.87. The number of unbranched alkanes of at least 4 members (excludes halogenated alkanes) is 2. The molecule has 0 amide bonds. The van der Waals surface area contributed by atoms with Gasteiger partial charge in [0.15, 0.2) is 5.78 Å². The van der Waals surface area contributed by atoms with Crippen molar-refractivity contribution >= 4 is 34.9 Å². The summed E-state index contributed by atoms with van der Waals surface area (Å²) in [6.07, 6.45) is 6.55. The molecule has 166 valence electrons. The zero-order valence-corrected chi connectivity index (χ0v) is 18.4. The maximum atomic E-state index is 12.5. The molecule has 0 saturated carbocycles. The summed E-state index contributed by atoms with van der Waals surface area (Å²) < 4.78 is 6.17. The summed E-state index contributed by atoms with van der Waals surface area (Å²) >= 11 is 0. The van der Waals surface area contributed by atoms with Crippen LogP contribution in [-0.4, -0.2) is 37.0 Å². The van der Waals surface area contributed by atoms with Gasteiger partial charge in [0.1, 0.15) is 18.0 Å². The van der Waals surface area contributed by atoms with Crippen molar-refractivity contribution in [2.24, 2.45) is 9.98 Å². The van der Waals surface area contributed by atoms with E-state index in [1.54, 1.807) is 31.3 Å². The van der Waals surface area contributed by atoms with Crippen LogP contribution in [0.5, 0.6) is 0 Å². The highest BCUT2D eigenvalue weighted by Crippen LogP contribution is 2.41. The second kappa shape index (κ2) is 10.1. The molecule has 0 saturated heterocycles. The third-order valence-corrected chi connectivity index (χ3v) is 5.44. The molecule has 6 nitrogen and oxygen atoms in total. The highest BCUT2D eigenvalue weighted by Gasteiger charge is 2.21. The van der Waals surface area contributed by atoms with E-state index in [9.17, 15) is 9.90 Å². The van der Waals surface area contributed by atoms with Gasteiger partial charge in [0.05, 0.1) is 11.0 Å². The fourth-order valence-corrected chi connectivity index (χ4v) is 3.88. The second-order valence-corrected chi connectivity index (χ2v) is 7.68. The predicted octanol–water partition coefficient (Wildman–Crippen LogP) is 5.43. The van der Waals surface area contributed by atoms with Crippen molar-refractivity contribution in [3.63, 3.8) is 0 Å². The molecule has 0 atom stereocenters. The molecule has 33 heavy (non-hydrogen) atoms. The number of nitrogens with zero attached hydrogens (tertiary/aromatic N) is 2.